The summed E-state index contributed by atoms with van der Waals surface area (Å²) in [7, 11) is 0. The molecule has 1 N–H and O–H groups in total. The summed E-state index contributed by atoms with van der Waals surface area (Å²) in [6.07, 6.45) is 0. The molecule has 28 heavy (non-hydrogen) atoms. The predicted octanol–water partition coefficient (Wildman–Crippen LogP) is 5.04. The second-order valence-electron chi connectivity index (χ2n) is 7.05. The molecule has 0 aliphatic carbocycles. The number of hydrogen-bond acceptors (Lipinski definition) is 2. The zero-order chi connectivity index (χ0) is 20.4. The van der Waals surface area contributed by atoms with Gasteiger partial charge in [-0.3, -0.25) is 9.59 Å². The average molecular weight is 395 g/mol. The minimum Gasteiger partial charge on any atom is -0.344 e. The van der Waals surface area contributed by atoms with Crippen LogP contribution in [0.25, 0.3) is 0 Å². The molecule has 0 aliphatic rings. The van der Waals surface area contributed by atoms with Crippen molar-refractivity contribution in [3.05, 3.63) is 97.4 Å². The summed E-state index contributed by atoms with van der Waals surface area (Å²) in [5, 5.41) is 3.40. The molecular formula is C23H23ClN2O2. The SMILES string of the molecule is Cc1ccc(Cn2c(C)cc(=O)c(C(=O)Nc3cccc(Cl)c3C)c2C)cc1. The summed E-state index contributed by atoms with van der Waals surface area (Å²) in [6.45, 7) is 8.15. The summed E-state index contributed by atoms with van der Waals surface area (Å²) >= 11 is 6.14. The topological polar surface area (TPSA) is 51.1 Å². The zero-order valence-corrected chi connectivity index (χ0v) is 17.2. The number of carbonyl (C=O) groups is 1. The van der Waals surface area contributed by atoms with E-state index in [2.05, 4.69) is 29.6 Å². The molecule has 1 aromatic heterocycles. The normalized spacial score (nSPS) is 10.8. The Morgan fingerprint density at radius 3 is 2.39 bits per heavy atom. The van der Waals surface area contributed by atoms with Crippen LogP contribution in [0.15, 0.2) is 53.3 Å². The Morgan fingerprint density at radius 1 is 1.04 bits per heavy atom. The van der Waals surface area contributed by atoms with Gasteiger partial charge in [0.25, 0.3) is 5.91 Å². The van der Waals surface area contributed by atoms with E-state index in [-0.39, 0.29) is 11.0 Å². The van der Waals surface area contributed by atoms with Crippen LogP contribution in [0.5, 0.6) is 0 Å². The van der Waals surface area contributed by atoms with Crippen LogP contribution in [0.3, 0.4) is 0 Å². The van der Waals surface area contributed by atoms with E-state index >= 15 is 0 Å². The Labute approximate surface area is 169 Å². The highest BCUT2D eigenvalue weighted by atomic mass is 35.5. The van der Waals surface area contributed by atoms with Gasteiger partial charge in [0.1, 0.15) is 5.56 Å². The van der Waals surface area contributed by atoms with Crippen LogP contribution < -0.4 is 10.7 Å². The first-order valence-corrected chi connectivity index (χ1v) is 9.48. The minimum absolute atomic E-state index is 0.150. The van der Waals surface area contributed by atoms with Gasteiger partial charge >= 0.3 is 0 Å². The van der Waals surface area contributed by atoms with Gasteiger partial charge < -0.3 is 9.88 Å². The molecular weight excluding hydrogens is 372 g/mol. The Kier molecular flexibility index (Phi) is 5.71. The lowest BCUT2D eigenvalue weighted by atomic mass is 10.1. The maximum Gasteiger partial charge on any atom is 0.261 e. The maximum absolute atomic E-state index is 12.9. The molecule has 0 aliphatic heterocycles. The van der Waals surface area contributed by atoms with Crippen LogP contribution in [0, 0.1) is 27.7 Å². The third kappa shape index (κ3) is 4.02. The fourth-order valence-corrected chi connectivity index (χ4v) is 3.42. The van der Waals surface area contributed by atoms with Crippen molar-refractivity contribution in [2.75, 3.05) is 5.32 Å². The van der Waals surface area contributed by atoms with Crippen molar-refractivity contribution in [3.8, 4) is 0 Å². The fourth-order valence-electron chi connectivity index (χ4n) is 3.24. The summed E-state index contributed by atoms with van der Waals surface area (Å²) < 4.78 is 1.99. The summed E-state index contributed by atoms with van der Waals surface area (Å²) in [5.74, 6) is -0.425. The third-order valence-electron chi connectivity index (χ3n) is 4.98. The first kappa shape index (κ1) is 19.9. The first-order valence-electron chi connectivity index (χ1n) is 9.11. The van der Waals surface area contributed by atoms with Crippen molar-refractivity contribution in [2.45, 2.75) is 34.2 Å². The lowest BCUT2D eigenvalue weighted by Gasteiger charge is -2.18. The second-order valence-corrected chi connectivity index (χ2v) is 7.46. The molecule has 0 saturated carbocycles. The fraction of sp³-hybridized carbons (Fsp3) is 0.217. The van der Waals surface area contributed by atoms with E-state index < -0.39 is 5.91 Å². The molecule has 0 spiro atoms. The molecule has 0 bridgehead atoms. The van der Waals surface area contributed by atoms with E-state index in [4.69, 9.17) is 11.6 Å². The molecule has 3 rings (SSSR count). The van der Waals surface area contributed by atoms with Crippen LogP contribution in [0.2, 0.25) is 5.02 Å². The number of carbonyl (C=O) groups excluding carboxylic acids is 1. The van der Waals surface area contributed by atoms with Gasteiger partial charge in [-0.2, -0.15) is 0 Å². The zero-order valence-electron chi connectivity index (χ0n) is 16.5. The average Bonchev–Trinajstić information content (AvgIpc) is 2.64. The molecule has 1 amide bonds. The van der Waals surface area contributed by atoms with Gasteiger partial charge in [0.2, 0.25) is 0 Å². The lowest BCUT2D eigenvalue weighted by Crippen LogP contribution is -2.27. The van der Waals surface area contributed by atoms with Crippen LogP contribution >= 0.6 is 11.6 Å². The summed E-state index contributed by atoms with van der Waals surface area (Å²) in [5.41, 5.74) is 4.99. The number of nitrogens with zero attached hydrogens (tertiary/aromatic N) is 1. The van der Waals surface area contributed by atoms with E-state index in [1.807, 2.05) is 32.3 Å². The smallest absolute Gasteiger partial charge is 0.261 e. The van der Waals surface area contributed by atoms with Crippen molar-refractivity contribution in [1.29, 1.82) is 0 Å². The van der Waals surface area contributed by atoms with Crippen LogP contribution in [-0.2, 0) is 6.54 Å². The van der Waals surface area contributed by atoms with Crippen LogP contribution in [0.1, 0.15) is 38.4 Å². The molecule has 0 radical (unpaired) electrons. The number of amides is 1. The number of halogens is 1. The van der Waals surface area contributed by atoms with Crippen molar-refractivity contribution >= 4 is 23.2 Å². The largest absolute Gasteiger partial charge is 0.344 e. The Hall–Kier alpha value is -2.85. The number of anilines is 1. The van der Waals surface area contributed by atoms with Crippen molar-refractivity contribution in [2.24, 2.45) is 0 Å². The van der Waals surface area contributed by atoms with Crippen molar-refractivity contribution in [3.63, 3.8) is 0 Å². The highest BCUT2D eigenvalue weighted by Gasteiger charge is 2.18. The Bertz CT molecular complexity index is 1100. The molecule has 0 atom stereocenters. The van der Waals surface area contributed by atoms with Gasteiger partial charge in [-0.15, -0.1) is 0 Å². The van der Waals surface area contributed by atoms with E-state index in [9.17, 15) is 9.59 Å². The van der Waals surface area contributed by atoms with Gasteiger partial charge in [0.05, 0.1) is 0 Å². The number of nitrogens with one attached hydrogen (secondary N) is 1. The number of rotatable bonds is 4. The number of pyridine rings is 1. The van der Waals surface area contributed by atoms with Crippen LogP contribution in [0.4, 0.5) is 5.69 Å². The molecule has 2 aromatic carbocycles. The van der Waals surface area contributed by atoms with Gasteiger partial charge in [0, 0.05) is 34.7 Å². The monoisotopic (exact) mass is 394 g/mol. The molecule has 0 saturated heterocycles. The number of hydrogen-bond donors (Lipinski definition) is 1. The number of aryl methyl sites for hydroxylation is 2. The highest BCUT2D eigenvalue weighted by Crippen LogP contribution is 2.23. The quantitative estimate of drug-likeness (QED) is 0.674. The Balaban J connectivity index is 1.99. The minimum atomic E-state index is -0.425. The molecule has 0 fully saturated rings. The third-order valence-corrected chi connectivity index (χ3v) is 5.39. The molecule has 0 unspecified atom stereocenters. The van der Waals surface area contributed by atoms with E-state index in [1.54, 1.807) is 18.2 Å². The molecule has 5 heteroatoms. The molecule has 4 nitrogen and oxygen atoms in total. The predicted molar refractivity (Wildman–Crippen MR) is 115 cm³/mol. The van der Waals surface area contributed by atoms with Gasteiger partial charge in [-0.25, -0.2) is 0 Å². The van der Waals surface area contributed by atoms with E-state index in [0.717, 1.165) is 16.8 Å². The van der Waals surface area contributed by atoms with E-state index in [1.165, 1.54) is 11.6 Å². The Morgan fingerprint density at radius 2 is 1.71 bits per heavy atom. The maximum atomic E-state index is 12.9. The van der Waals surface area contributed by atoms with Gasteiger partial charge in [0.15, 0.2) is 5.43 Å². The standard InChI is InChI=1S/C23H23ClN2O2/c1-14-8-10-18(11-9-14)13-26-15(2)12-21(27)22(17(26)4)23(28)25-20-7-5-6-19(24)16(20)3/h5-12H,13H2,1-4H3,(H,25,28). The summed E-state index contributed by atoms with van der Waals surface area (Å²) in [6, 6.07) is 15.0. The van der Waals surface area contributed by atoms with Gasteiger partial charge in [-0.1, -0.05) is 47.5 Å². The second kappa shape index (κ2) is 8.03. The summed E-state index contributed by atoms with van der Waals surface area (Å²) in [4.78, 5) is 25.5. The molecule has 1 heterocycles. The van der Waals surface area contributed by atoms with E-state index in [0.29, 0.717) is 22.9 Å². The number of benzene rings is 2. The van der Waals surface area contributed by atoms with Crippen LogP contribution in [-0.4, -0.2) is 10.5 Å². The first-order chi connectivity index (χ1) is 13.3. The molecule has 144 valence electrons. The van der Waals surface area contributed by atoms with Crippen molar-refractivity contribution < 1.29 is 4.79 Å². The van der Waals surface area contributed by atoms with Crippen molar-refractivity contribution in [1.82, 2.24) is 4.57 Å². The number of aromatic nitrogens is 1. The lowest BCUT2D eigenvalue weighted by molar-refractivity contribution is 0.102. The highest BCUT2D eigenvalue weighted by molar-refractivity contribution is 6.31. The molecule has 3 aromatic rings. The van der Waals surface area contributed by atoms with Gasteiger partial charge in [-0.05, 0) is 51.0 Å².